The Balaban J connectivity index is 1.38. The average Bonchev–Trinajstić information content (AvgIpc) is 3.29. The first kappa shape index (κ1) is 23.2. The van der Waals surface area contributed by atoms with E-state index < -0.39 is 0 Å². The second kappa shape index (κ2) is 10.3. The third kappa shape index (κ3) is 5.36. The number of methoxy groups -OCH3 is 2. The average molecular weight is 454 g/mol. The normalized spacial score (nSPS) is 19.5. The van der Waals surface area contributed by atoms with Gasteiger partial charge in [0.25, 0.3) is 0 Å². The molecule has 0 amide bonds. The van der Waals surface area contributed by atoms with Crippen LogP contribution in [0.15, 0.2) is 47.0 Å². The lowest BCUT2D eigenvalue weighted by atomic mass is 9.75. The van der Waals surface area contributed by atoms with Crippen molar-refractivity contribution in [3.05, 3.63) is 59.7 Å². The van der Waals surface area contributed by atoms with E-state index in [0.29, 0.717) is 41.1 Å². The van der Waals surface area contributed by atoms with Gasteiger partial charge in [-0.2, -0.15) is 4.98 Å². The SMILES string of the molecule is COc1ccc(-c2noc(CC3CCC(C(c4ccc(F)cc4)N(C)C)CC3)n2)cc1OC. The highest BCUT2D eigenvalue weighted by Gasteiger charge is 2.30. The van der Waals surface area contributed by atoms with Crippen LogP contribution in [0.3, 0.4) is 0 Å². The molecule has 1 aliphatic carbocycles. The largest absolute Gasteiger partial charge is 0.493 e. The lowest BCUT2D eigenvalue weighted by molar-refractivity contribution is 0.146. The van der Waals surface area contributed by atoms with Crippen LogP contribution in [0, 0.1) is 17.7 Å². The molecule has 1 saturated carbocycles. The van der Waals surface area contributed by atoms with Crippen LogP contribution in [0.4, 0.5) is 4.39 Å². The molecule has 1 aromatic heterocycles. The number of benzene rings is 2. The summed E-state index contributed by atoms with van der Waals surface area (Å²) in [6.07, 6.45) is 5.27. The number of halogens is 1. The maximum Gasteiger partial charge on any atom is 0.227 e. The molecule has 33 heavy (non-hydrogen) atoms. The Bertz CT molecular complexity index is 1040. The smallest absolute Gasteiger partial charge is 0.227 e. The number of ether oxygens (including phenoxy) is 2. The molecule has 1 heterocycles. The van der Waals surface area contributed by atoms with Gasteiger partial charge in [-0.15, -0.1) is 0 Å². The summed E-state index contributed by atoms with van der Waals surface area (Å²) in [6, 6.07) is 12.8. The second-order valence-corrected chi connectivity index (χ2v) is 9.03. The van der Waals surface area contributed by atoms with Crippen molar-refractivity contribution in [3.8, 4) is 22.9 Å². The summed E-state index contributed by atoms with van der Waals surface area (Å²) in [7, 11) is 7.43. The number of rotatable bonds is 8. The van der Waals surface area contributed by atoms with Crippen LogP contribution in [-0.2, 0) is 6.42 Å². The molecule has 0 saturated heterocycles. The van der Waals surface area contributed by atoms with E-state index in [1.54, 1.807) is 26.4 Å². The van der Waals surface area contributed by atoms with Gasteiger partial charge in [0, 0.05) is 18.0 Å². The molecule has 1 unspecified atom stereocenters. The zero-order valence-electron chi connectivity index (χ0n) is 19.8. The maximum atomic E-state index is 13.4. The van der Waals surface area contributed by atoms with E-state index in [4.69, 9.17) is 14.0 Å². The number of nitrogens with zero attached hydrogens (tertiary/aromatic N) is 3. The van der Waals surface area contributed by atoms with Crippen LogP contribution >= 0.6 is 0 Å². The fourth-order valence-electron chi connectivity index (χ4n) is 5.04. The minimum Gasteiger partial charge on any atom is -0.493 e. The van der Waals surface area contributed by atoms with E-state index >= 15 is 0 Å². The Kier molecular flexibility index (Phi) is 7.28. The minimum atomic E-state index is -0.188. The fourth-order valence-corrected chi connectivity index (χ4v) is 5.04. The van der Waals surface area contributed by atoms with Crippen LogP contribution in [-0.4, -0.2) is 43.4 Å². The van der Waals surface area contributed by atoms with E-state index in [1.165, 1.54) is 5.56 Å². The molecule has 2 aromatic carbocycles. The molecule has 176 valence electrons. The third-order valence-electron chi connectivity index (χ3n) is 6.68. The summed E-state index contributed by atoms with van der Waals surface area (Å²) >= 11 is 0. The van der Waals surface area contributed by atoms with Crippen molar-refractivity contribution in [3.63, 3.8) is 0 Å². The number of hydrogen-bond donors (Lipinski definition) is 0. The third-order valence-corrected chi connectivity index (χ3v) is 6.68. The van der Waals surface area contributed by atoms with E-state index in [2.05, 4.69) is 29.1 Å². The summed E-state index contributed by atoms with van der Waals surface area (Å²) in [5, 5.41) is 4.18. The molecule has 0 N–H and O–H groups in total. The molecule has 1 atom stereocenters. The van der Waals surface area contributed by atoms with Gasteiger partial charge in [0.1, 0.15) is 5.82 Å². The van der Waals surface area contributed by atoms with Gasteiger partial charge in [-0.3, -0.25) is 0 Å². The lowest BCUT2D eigenvalue weighted by Crippen LogP contribution is -2.30. The van der Waals surface area contributed by atoms with E-state index in [-0.39, 0.29) is 5.82 Å². The minimum absolute atomic E-state index is 0.188. The van der Waals surface area contributed by atoms with E-state index in [1.807, 2.05) is 30.3 Å². The molecule has 0 aliphatic heterocycles. The van der Waals surface area contributed by atoms with Gasteiger partial charge in [-0.1, -0.05) is 17.3 Å². The first-order valence-electron chi connectivity index (χ1n) is 11.5. The van der Waals surface area contributed by atoms with Crippen molar-refractivity contribution in [2.75, 3.05) is 28.3 Å². The molecule has 3 aromatic rings. The van der Waals surface area contributed by atoms with Gasteiger partial charge >= 0.3 is 0 Å². The molecule has 0 spiro atoms. The summed E-state index contributed by atoms with van der Waals surface area (Å²) in [4.78, 5) is 6.88. The molecular weight excluding hydrogens is 421 g/mol. The summed E-state index contributed by atoms with van der Waals surface area (Å²) < 4.78 is 29.6. The van der Waals surface area contributed by atoms with Crippen LogP contribution in [0.1, 0.15) is 43.2 Å². The topological polar surface area (TPSA) is 60.6 Å². The van der Waals surface area contributed by atoms with E-state index in [9.17, 15) is 4.39 Å². The number of aromatic nitrogens is 2. The quantitative estimate of drug-likeness (QED) is 0.446. The molecule has 0 radical (unpaired) electrons. The van der Waals surface area contributed by atoms with Crippen LogP contribution in [0.5, 0.6) is 11.5 Å². The predicted molar refractivity (Wildman–Crippen MR) is 125 cm³/mol. The standard InChI is InChI=1S/C26H32FN3O3/c1-30(2)25(19-9-12-21(27)13-10-19)18-7-5-17(6-8-18)15-24-28-26(29-33-24)20-11-14-22(31-3)23(16-20)32-4/h9-14,16-18,25H,5-8,15H2,1-4H3. The Morgan fingerprint density at radius 1 is 1.00 bits per heavy atom. The van der Waals surface area contributed by atoms with Crippen molar-refractivity contribution in [1.29, 1.82) is 0 Å². The molecule has 0 bridgehead atoms. The Morgan fingerprint density at radius 2 is 1.70 bits per heavy atom. The van der Waals surface area contributed by atoms with Crippen molar-refractivity contribution in [2.24, 2.45) is 11.8 Å². The monoisotopic (exact) mass is 453 g/mol. The molecular formula is C26H32FN3O3. The highest BCUT2D eigenvalue weighted by atomic mass is 19.1. The Hall–Kier alpha value is -2.93. The summed E-state index contributed by atoms with van der Waals surface area (Å²) in [5.41, 5.74) is 2.01. The zero-order chi connectivity index (χ0) is 23.4. The highest BCUT2D eigenvalue weighted by molar-refractivity contribution is 5.60. The van der Waals surface area contributed by atoms with Crippen LogP contribution in [0.2, 0.25) is 0 Å². The molecule has 7 heteroatoms. The van der Waals surface area contributed by atoms with Gasteiger partial charge in [-0.05, 0) is 87.5 Å². The van der Waals surface area contributed by atoms with Crippen molar-refractivity contribution in [1.82, 2.24) is 15.0 Å². The fraction of sp³-hybridized carbons (Fsp3) is 0.462. The summed E-state index contributed by atoms with van der Waals surface area (Å²) in [5.74, 6) is 3.42. The second-order valence-electron chi connectivity index (χ2n) is 9.03. The van der Waals surface area contributed by atoms with Crippen molar-refractivity contribution < 1.29 is 18.4 Å². The van der Waals surface area contributed by atoms with E-state index in [0.717, 1.165) is 37.7 Å². The van der Waals surface area contributed by atoms with Gasteiger partial charge in [0.15, 0.2) is 11.5 Å². The van der Waals surface area contributed by atoms with Gasteiger partial charge < -0.3 is 18.9 Å². The molecule has 1 fully saturated rings. The van der Waals surface area contributed by atoms with Crippen LogP contribution in [0.25, 0.3) is 11.4 Å². The lowest BCUT2D eigenvalue weighted by Gasteiger charge is -2.37. The van der Waals surface area contributed by atoms with Gasteiger partial charge in [-0.25, -0.2) is 4.39 Å². The first-order chi connectivity index (χ1) is 16.0. The van der Waals surface area contributed by atoms with Gasteiger partial charge in [0.05, 0.1) is 14.2 Å². The molecule has 6 nitrogen and oxygen atoms in total. The van der Waals surface area contributed by atoms with Crippen molar-refractivity contribution >= 4 is 0 Å². The van der Waals surface area contributed by atoms with Crippen LogP contribution < -0.4 is 9.47 Å². The number of hydrogen-bond acceptors (Lipinski definition) is 6. The van der Waals surface area contributed by atoms with Gasteiger partial charge in [0.2, 0.25) is 11.7 Å². The molecule has 1 aliphatic rings. The summed E-state index contributed by atoms with van der Waals surface area (Å²) in [6.45, 7) is 0. The first-order valence-corrected chi connectivity index (χ1v) is 11.5. The Labute approximate surface area is 194 Å². The van der Waals surface area contributed by atoms with Crippen molar-refractivity contribution in [2.45, 2.75) is 38.1 Å². The maximum absolute atomic E-state index is 13.4. The zero-order valence-corrected chi connectivity index (χ0v) is 19.8. The Morgan fingerprint density at radius 3 is 2.33 bits per heavy atom. The molecule has 4 rings (SSSR count). The highest BCUT2D eigenvalue weighted by Crippen LogP contribution is 2.40. The predicted octanol–water partition coefficient (Wildman–Crippen LogP) is 5.54.